The van der Waals surface area contributed by atoms with Gasteiger partial charge < -0.3 is 10.3 Å². The van der Waals surface area contributed by atoms with E-state index < -0.39 is 0 Å². The summed E-state index contributed by atoms with van der Waals surface area (Å²) in [7, 11) is 1.69. The normalized spacial score (nSPS) is 10.4. The van der Waals surface area contributed by atoms with Gasteiger partial charge in [0.2, 0.25) is 0 Å². The average Bonchev–Trinajstić information content (AvgIpc) is 2.10. The molecule has 0 saturated heterocycles. The van der Waals surface area contributed by atoms with Crippen LogP contribution < -0.4 is 11.3 Å². The summed E-state index contributed by atoms with van der Waals surface area (Å²) >= 11 is 5.73. The van der Waals surface area contributed by atoms with Gasteiger partial charge in [0.15, 0.2) is 0 Å². The van der Waals surface area contributed by atoms with Gasteiger partial charge >= 0.3 is 0 Å². The Morgan fingerprint density at radius 1 is 1.62 bits per heavy atom. The van der Waals surface area contributed by atoms with Crippen LogP contribution in [0.25, 0.3) is 0 Å². The Bertz CT molecular complexity index is 320. The quantitative estimate of drug-likeness (QED) is 0.789. The lowest BCUT2D eigenvalue weighted by Gasteiger charge is -2.03. The lowest BCUT2D eigenvalue weighted by molar-refractivity contribution is 0.794. The second kappa shape index (κ2) is 4.44. The van der Waals surface area contributed by atoms with Gasteiger partial charge in [0.25, 0.3) is 5.56 Å². The molecule has 1 aromatic heterocycles. The highest BCUT2D eigenvalue weighted by Crippen LogP contribution is 2.07. The van der Waals surface area contributed by atoms with E-state index in [0.29, 0.717) is 6.54 Å². The first-order chi connectivity index (χ1) is 6.15. The average molecular weight is 201 g/mol. The van der Waals surface area contributed by atoms with Crippen molar-refractivity contribution in [1.29, 1.82) is 0 Å². The number of aryl methyl sites for hydroxylation is 2. The molecule has 0 aliphatic heterocycles. The summed E-state index contributed by atoms with van der Waals surface area (Å²) in [5.41, 5.74) is 6.28. The smallest absolute Gasteiger partial charge is 0.269 e. The van der Waals surface area contributed by atoms with Crippen molar-refractivity contribution in [3.63, 3.8) is 0 Å². The third kappa shape index (κ3) is 2.57. The summed E-state index contributed by atoms with van der Waals surface area (Å²) in [6, 6.07) is 1.71. The Morgan fingerprint density at radius 2 is 2.31 bits per heavy atom. The number of nitrogens with two attached hydrogens (primary N) is 1. The van der Waals surface area contributed by atoms with E-state index >= 15 is 0 Å². The van der Waals surface area contributed by atoms with Gasteiger partial charge in [-0.25, -0.2) is 0 Å². The summed E-state index contributed by atoms with van der Waals surface area (Å²) in [4.78, 5) is 11.2. The fourth-order valence-corrected chi connectivity index (χ4v) is 1.45. The molecule has 0 amide bonds. The van der Waals surface area contributed by atoms with Crippen LogP contribution in [-0.4, -0.2) is 11.1 Å². The van der Waals surface area contributed by atoms with E-state index in [1.54, 1.807) is 19.3 Å². The van der Waals surface area contributed by atoms with E-state index in [1.165, 1.54) is 4.57 Å². The van der Waals surface area contributed by atoms with Gasteiger partial charge in [0, 0.05) is 13.2 Å². The van der Waals surface area contributed by atoms with Crippen LogP contribution in [0.15, 0.2) is 17.1 Å². The van der Waals surface area contributed by atoms with E-state index in [0.717, 1.165) is 18.4 Å². The molecule has 0 saturated carbocycles. The molecule has 0 radical (unpaired) electrons. The Labute approximate surface area is 82.1 Å². The molecule has 4 heteroatoms. The zero-order valence-electron chi connectivity index (χ0n) is 7.59. The molecule has 13 heavy (non-hydrogen) atoms. The fourth-order valence-electron chi connectivity index (χ4n) is 1.18. The molecule has 0 aromatic carbocycles. The molecule has 0 bridgehead atoms. The molecule has 1 heterocycles. The van der Waals surface area contributed by atoms with Gasteiger partial charge in [-0.05, 0) is 31.0 Å². The Morgan fingerprint density at radius 3 is 2.85 bits per heavy atom. The fraction of sp³-hybridized carbons (Fsp3) is 0.444. The molecule has 3 nitrogen and oxygen atoms in total. The van der Waals surface area contributed by atoms with Crippen molar-refractivity contribution >= 4 is 11.6 Å². The predicted molar refractivity (Wildman–Crippen MR) is 54.1 cm³/mol. The van der Waals surface area contributed by atoms with Crippen molar-refractivity contribution in [2.45, 2.75) is 12.8 Å². The molecule has 0 atom stereocenters. The SMILES string of the molecule is Cn1cc(CCCN)cc(Cl)c1=O. The highest BCUT2D eigenvalue weighted by molar-refractivity contribution is 6.30. The first-order valence-electron chi connectivity index (χ1n) is 4.20. The number of halogens is 1. The van der Waals surface area contributed by atoms with Gasteiger partial charge in [-0.2, -0.15) is 0 Å². The maximum atomic E-state index is 11.2. The number of hydrogen-bond acceptors (Lipinski definition) is 2. The lowest BCUT2D eigenvalue weighted by Crippen LogP contribution is -2.17. The van der Waals surface area contributed by atoms with Crippen LogP contribution in [0, 0.1) is 0 Å². The molecule has 0 unspecified atom stereocenters. The Hall–Kier alpha value is -0.800. The van der Waals surface area contributed by atoms with Gasteiger partial charge in [0.05, 0.1) is 0 Å². The summed E-state index contributed by atoms with van der Waals surface area (Å²) in [5, 5.41) is 0.275. The van der Waals surface area contributed by atoms with Crippen molar-refractivity contribution < 1.29 is 0 Å². The van der Waals surface area contributed by atoms with Crippen LogP contribution in [0.5, 0.6) is 0 Å². The lowest BCUT2D eigenvalue weighted by atomic mass is 10.1. The third-order valence-corrected chi connectivity index (χ3v) is 2.14. The minimum absolute atomic E-state index is 0.154. The molecule has 0 aliphatic rings. The van der Waals surface area contributed by atoms with Gasteiger partial charge in [-0.3, -0.25) is 4.79 Å². The highest BCUT2D eigenvalue weighted by Gasteiger charge is 2.01. The summed E-state index contributed by atoms with van der Waals surface area (Å²) < 4.78 is 1.49. The molecular formula is C9H13ClN2O. The van der Waals surface area contributed by atoms with E-state index in [1.807, 2.05) is 0 Å². The largest absolute Gasteiger partial charge is 0.330 e. The molecule has 0 aliphatic carbocycles. The van der Waals surface area contributed by atoms with Crippen LogP contribution in [0.2, 0.25) is 5.02 Å². The van der Waals surface area contributed by atoms with Gasteiger partial charge in [0.1, 0.15) is 5.02 Å². The standard InChI is InChI=1S/C9H13ClN2O/c1-12-6-7(3-2-4-11)5-8(10)9(12)13/h5-6H,2-4,11H2,1H3. The van der Waals surface area contributed by atoms with Gasteiger partial charge in [-0.1, -0.05) is 11.6 Å². The van der Waals surface area contributed by atoms with Crippen LogP contribution in [0.3, 0.4) is 0 Å². The first-order valence-corrected chi connectivity index (χ1v) is 4.58. The zero-order chi connectivity index (χ0) is 9.84. The first kappa shape index (κ1) is 10.3. The van der Waals surface area contributed by atoms with Crippen molar-refractivity contribution in [3.8, 4) is 0 Å². The van der Waals surface area contributed by atoms with Crippen LogP contribution >= 0.6 is 11.6 Å². The van der Waals surface area contributed by atoms with E-state index in [2.05, 4.69) is 0 Å². The number of hydrogen-bond donors (Lipinski definition) is 1. The van der Waals surface area contributed by atoms with E-state index in [9.17, 15) is 4.79 Å². The minimum atomic E-state index is -0.154. The highest BCUT2D eigenvalue weighted by atomic mass is 35.5. The molecule has 0 fully saturated rings. The maximum Gasteiger partial charge on any atom is 0.269 e. The molecule has 0 spiro atoms. The number of rotatable bonds is 3. The third-order valence-electron chi connectivity index (χ3n) is 1.87. The summed E-state index contributed by atoms with van der Waals surface area (Å²) in [6.07, 6.45) is 3.57. The molecule has 72 valence electrons. The van der Waals surface area contributed by atoms with Crippen molar-refractivity contribution in [2.24, 2.45) is 12.8 Å². The van der Waals surface area contributed by atoms with E-state index in [4.69, 9.17) is 17.3 Å². The van der Waals surface area contributed by atoms with Crippen molar-refractivity contribution in [2.75, 3.05) is 6.54 Å². The molecule has 1 rings (SSSR count). The van der Waals surface area contributed by atoms with Crippen molar-refractivity contribution in [1.82, 2.24) is 4.57 Å². The van der Waals surface area contributed by atoms with Gasteiger partial charge in [-0.15, -0.1) is 0 Å². The van der Waals surface area contributed by atoms with Crippen molar-refractivity contribution in [3.05, 3.63) is 33.2 Å². The minimum Gasteiger partial charge on any atom is -0.330 e. The second-order valence-corrected chi connectivity index (χ2v) is 3.41. The van der Waals surface area contributed by atoms with Crippen LogP contribution in [0.1, 0.15) is 12.0 Å². The Balaban J connectivity index is 2.93. The molecular weight excluding hydrogens is 188 g/mol. The van der Waals surface area contributed by atoms with Crippen LogP contribution in [0.4, 0.5) is 0 Å². The molecule has 2 N–H and O–H groups in total. The summed E-state index contributed by atoms with van der Waals surface area (Å²) in [6.45, 7) is 0.653. The molecule has 1 aromatic rings. The number of aromatic nitrogens is 1. The van der Waals surface area contributed by atoms with E-state index in [-0.39, 0.29) is 10.6 Å². The Kier molecular flexibility index (Phi) is 3.51. The topological polar surface area (TPSA) is 48.0 Å². The van der Waals surface area contributed by atoms with Crippen LogP contribution in [-0.2, 0) is 13.5 Å². The predicted octanol–water partition coefficient (Wildman–Crippen LogP) is 0.930. The maximum absolute atomic E-state index is 11.2. The summed E-state index contributed by atoms with van der Waals surface area (Å²) in [5.74, 6) is 0. The second-order valence-electron chi connectivity index (χ2n) is 3.00. The zero-order valence-corrected chi connectivity index (χ0v) is 8.34. The number of nitrogens with zero attached hydrogens (tertiary/aromatic N) is 1. The monoisotopic (exact) mass is 200 g/mol. The number of pyridine rings is 1.